The maximum Gasteiger partial charge on any atom is 0.0960 e. The Labute approximate surface area is 112 Å². The van der Waals surface area contributed by atoms with Gasteiger partial charge in [0.15, 0.2) is 0 Å². The Balaban J connectivity index is 1.70. The van der Waals surface area contributed by atoms with Crippen LogP contribution in [0.2, 0.25) is 0 Å². The molecule has 0 aliphatic carbocycles. The topological polar surface area (TPSA) is 45.6 Å². The molecule has 0 aromatic carbocycles. The number of morpholine rings is 1. The highest BCUT2D eigenvalue weighted by atomic mass is 32.2. The lowest BCUT2D eigenvalue weighted by atomic mass is 10.3. The Bertz CT molecular complexity index is 353. The monoisotopic (exact) mass is 268 g/mol. The first kappa shape index (κ1) is 13.8. The van der Waals surface area contributed by atoms with Crippen LogP contribution in [0.15, 0.2) is 23.4 Å². The van der Waals surface area contributed by atoms with Crippen LogP contribution in [0.1, 0.15) is 5.56 Å². The normalized spacial score (nSPS) is 18.8. The fourth-order valence-electron chi connectivity index (χ4n) is 1.86. The summed E-state index contributed by atoms with van der Waals surface area (Å²) in [6.45, 7) is 6.14. The molecular weight excluding hydrogens is 248 g/mol. The minimum Gasteiger partial charge on any atom is -0.391 e. The molecule has 0 saturated carbocycles. The number of nitrogens with zero attached hydrogens (tertiary/aromatic N) is 2. The molecule has 1 fully saturated rings. The van der Waals surface area contributed by atoms with E-state index in [2.05, 4.69) is 9.88 Å². The van der Waals surface area contributed by atoms with Gasteiger partial charge in [-0.05, 0) is 18.6 Å². The molecule has 0 amide bonds. The van der Waals surface area contributed by atoms with Gasteiger partial charge in [-0.1, -0.05) is 6.07 Å². The maximum atomic E-state index is 9.99. The van der Waals surface area contributed by atoms with Gasteiger partial charge in [0.2, 0.25) is 0 Å². The third kappa shape index (κ3) is 4.57. The zero-order valence-electron chi connectivity index (χ0n) is 10.7. The molecule has 1 aliphatic heterocycles. The number of hydrogen-bond acceptors (Lipinski definition) is 5. The molecule has 100 valence electrons. The largest absolute Gasteiger partial charge is 0.391 e. The van der Waals surface area contributed by atoms with Gasteiger partial charge in [-0.15, -0.1) is 11.8 Å². The van der Waals surface area contributed by atoms with Gasteiger partial charge in [0.1, 0.15) is 0 Å². The fourth-order valence-corrected chi connectivity index (χ4v) is 2.62. The van der Waals surface area contributed by atoms with Crippen molar-refractivity contribution in [1.29, 1.82) is 0 Å². The second-order valence-corrected chi connectivity index (χ2v) is 5.59. The third-order valence-electron chi connectivity index (χ3n) is 2.88. The van der Waals surface area contributed by atoms with Crippen LogP contribution in [0.5, 0.6) is 0 Å². The van der Waals surface area contributed by atoms with Crippen molar-refractivity contribution < 1.29 is 9.84 Å². The molecule has 1 unspecified atom stereocenters. The standard InChI is InChI=1S/C13H20N2O2S/c1-11-2-3-13(14-8-11)18-10-12(16)9-15-4-6-17-7-5-15/h2-3,8,12,16H,4-7,9-10H2,1H3. The third-order valence-corrected chi connectivity index (χ3v) is 3.97. The van der Waals surface area contributed by atoms with Crippen LogP contribution in [0.3, 0.4) is 0 Å². The zero-order valence-corrected chi connectivity index (χ0v) is 11.5. The summed E-state index contributed by atoms with van der Waals surface area (Å²) in [7, 11) is 0. The summed E-state index contributed by atoms with van der Waals surface area (Å²) >= 11 is 1.61. The molecule has 1 atom stereocenters. The predicted octanol–water partition coefficient (Wildman–Crippen LogP) is 1.18. The molecule has 2 rings (SSSR count). The van der Waals surface area contributed by atoms with E-state index in [1.54, 1.807) is 11.8 Å². The van der Waals surface area contributed by atoms with E-state index < -0.39 is 0 Å². The van der Waals surface area contributed by atoms with Gasteiger partial charge < -0.3 is 9.84 Å². The number of aromatic nitrogens is 1. The van der Waals surface area contributed by atoms with Crippen molar-refractivity contribution in [2.45, 2.75) is 18.1 Å². The number of aliphatic hydroxyl groups excluding tert-OH is 1. The predicted molar refractivity (Wildman–Crippen MR) is 73.0 cm³/mol. The van der Waals surface area contributed by atoms with Gasteiger partial charge in [0.05, 0.1) is 24.3 Å². The SMILES string of the molecule is Cc1ccc(SCC(O)CN2CCOCC2)nc1. The minimum atomic E-state index is -0.309. The average Bonchev–Trinajstić information content (AvgIpc) is 2.39. The van der Waals surface area contributed by atoms with Crippen LogP contribution < -0.4 is 0 Å². The van der Waals surface area contributed by atoms with Crippen molar-refractivity contribution in [2.75, 3.05) is 38.6 Å². The quantitative estimate of drug-likeness (QED) is 0.812. The molecular formula is C13H20N2O2S. The molecule has 1 N–H and O–H groups in total. The van der Waals surface area contributed by atoms with Crippen LogP contribution >= 0.6 is 11.8 Å². The molecule has 0 bridgehead atoms. The van der Waals surface area contributed by atoms with E-state index in [-0.39, 0.29) is 6.10 Å². The van der Waals surface area contributed by atoms with Crippen LogP contribution in [-0.4, -0.2) is 59.7 Å². The minimum absolute atomic E-state index is 0.309. The average molecular weight is 268 g/mol. The summed E-state index contributed by atoms with van der Waals surface area (Å²) in [6, 6.07) is 4.05. The molecule has 1 aromatic heterocycles. The van der Waals surface area contributed by atoms with Crippen molar-refractivity contribution >= 4 is 11.8 Å². The van der Waals surface area contributed by atoms with E-state index in [1.165, 1.54) is 0 Å². The van der Waals surface area contributed by atoms with Crippen LogP contribution in [0, 0.1) is 6.92 Å². The van der Waals surface area contributed by atoms with Crippen molar-refractivity contribution in [3.8, 4) is 0 Å². The lowest BCUT2D eigenvalue weighted by Crippen LogP contribution is -2.41. The molecule has 1 aromatic rings. The number of pyridine rings is 1. The number of β-amino-alcohol motifs (C(OH)–C–C–N with tert-alkyl or cyclic N) is 1. The first-order valence-corrected chi connectivity index (χ1v) is 7.26. The molecule has 1 saturated heterocycles. The molecule has 18 heavy (non-hydrogen) atoms. The van der Waals surface area contributed by atoms with E-state index >= 15 is 0 Å². The van der Waals surface area contributed by atoms with Crippen molar-refractivity contribution in [3.63, 3.8) is 0 Å². The zero-order chi connectivity index (χ0) is 12.8. The Kier molecular flexibility index (Phi) is 5.44. The number of aryl methyl sites for hydroxylation is 1. The van der Waals surface area contributed by atoms with Crippen molar-refractivity contribution in [1.82, 2.24) is 9.88 Å². The van der Waals surface area contributed by atoms with E-state index in [9.17, 15) is 5.11 Å². The van der Waals surface area contributed by atoms with Gasteiger partial charge in [0.25, 0.3) is 0 Å². The molecule has 5 heteroatoms. The van der Waals surface area contributed by atoms with Gasteiger partial charge >= 0.3 is 0 Å². The molecule has 2 heterocycles. The second-order valence-electron chi connectivity index (χ2n) is 4.55. The fraction of sp³-hybridized carbons (Fsp3) is 0.615. The molecule has 0 spiro atoms. The number of aliphatic hydroxyl groups is 1. The highest BCUT2D eigenvalue weighted by Crippen LogP contribution is 2.16. The highest BCUT2D eigenvalue weighted by molar-refractivity contribution is 7.99. The van der Waals surface area contributed by atoms with Crippen molar-refractivity contribution in [2.24, 2.45) is 0 Å². The summed E-state index contributed by atoms with van der Waals surface area (Å²) in [6.07, 6.45) is 1.55. The van der Waals surface area contributed by atoms with Gasteiger partial charge in [0, 0.05) is 31.6 Å². The first-order chi connectivity index (χ1) is 8.74. The van der Waals surface area contributed by atoms with E-state index in [0.29, 0.717) is 5.75 Å². The highest BCUT2D eigenvalue weighted by Gasteiger charge is 2.15. The Morgan fingerprint density at radius 3 is 2.89 bits per heavy atom. The maximum absolute atomic E-state index is 9.99. The molecule has 4 nitrogen and oxygen atoms in total. The second kappa shape index (κ2) is 7.09. The van der Waals surface area contributed by atoms with E-state index in [1.807, 2.05) is 25.3 Å². The number of thioether (sulfide) groups is 1. The van der Waals surface area contributed by atoms with E-state index in [4.69, 9.17) is 4.74 Å². The summed E-state index contributed by atoms with van der Waals surface area (Å²) in [5.74, 6) is 0.688. The smallest absolute Gasteiger partial charge is 0.0960 e. The Hall–Kier alpha value is -0.620. The number of ether oxygens (including phenoxy) is 1. The summed E-state index contributed by atoms with van der Waals surface area (Å²) in [4.78, 5) is 6.56. The van der Waals surface area contributed by atoms with Gasteiger partial charge in [-0.3, -0.25) is 4.90 Å². The van der Waals surface area contributed by atoms with E-state index in [0.717, 1.165) is 43.4 Å². The number of rotatable bonds is 5. The Morgan fingerprint density at radius 1 is 1.44 bits per heavy atom. The summed E-state index contributed by atoms with van der Waals surface area (Å²) in [5, 5.41) is 11.0. The Morgan fingerprint density at radius 2 is 2.22 bits per heavy atom. The lowest BCUT2D eigenvalue weighted by molar-refractivity contribution is 0.0188. The summed E-state index contributed by atoms with van der Waals surface area (Å²) < 4.78 is 5.28. The van der Waals surface area contributed by atoms with Gasteiger partial charge in [-0.2, -0.15) is 0 Å². The van der Waals surface area contributed by atoms with Crippen LogP contribution in [0.4, 0.5) is 0 Å². The first-order valence-electron chi connectivity index (χ1n) is 6.27. The number of hydrogen-bond donors (Lipinski definition) is 1. The molecule has 1 aliphatic rings. The van der Waals surface area contributed by atoms with Gasteiger partial charge in [-0.25, -0.2) is 4.98 Å². The van der Waals surface area contributed by atoms with Crippen LogP contribution in [0.25, 0.3) is 0 Å². The van der Waals surface area contributed by atoms with Crippen LogP contribution in [-0.2, 0) is 4.74 Å². The lowest BCUT2D eigenvalue weighted by Gasteiger charge is -2.28. The molecule has 0 radical (unpaired) electrons. The van der Waals surface area contributed by atoms with Crippen molar-refractivity contribution in [3.05, 3.63) is 23.9 Å². The summed E-state index contributed by atoms with van der Waals surface area (Å²) in [5.41, 5.74) is 1.16.